The van der Waals surface area contributed by atoms with Gasteiger partial charge in [0.25, 0.3) is 0 Å². The Kier molecular flexibility index (Phi) is 8.64. The highest BCUT2D eigenvalue weighted by atomic mass is 35.5. The summed E-state index contributed by atoms with van der Waals surface area (Å²) in [7, 11) is 0. The Morgan fingerprint density at radius 2 is 0.974 bits per heavy atom. The molecule has 39 heavy (non-hydrogen) atoms. The van der Waals surface area contributed by atoms with Crippen molar-refractivity contribution in [3.63, 3.8) is 0 Å². The number of halogens is 1. The smallest absolute Gasteiger partial charge is 0.169 e. The Morgan fingerprint density at radius 1 is 0.564 bits per heavy atom. The summed E-state index contributed by atoms with van der Waals surface area (Å²) in [5.41, 5.74) is 3.27. The van der Waals surface area contributed by atoms with Gasteiger partial charge in [-0.25, -0.2) is 0 Å². The van der Waals surface area contributed by atoms with Crippen molar-refractivity contribution in [1.82, 2.24) is 0 Å². The van der Waals surface area contributed by atoms with Crippen molar-refractivity contribution in [2.75, 3.05) is 0 Å². The van der Waals surface area contributed by atoms with E-state index in [2.05, 4.69) is 36.4 Å². The summed E-state index contributed by atoms with van der Waals surface area (Å²) in [6, 6.07) is 30.5. The Labute approximate surface area is 236 Å². The zero-order valence-electron chi connectivity index (χ0n) is 22.2. The summed E-state index contributed by atoms with van der Waals surface area (Å²) in [4.78, 5) is 0. The van der Waals surface area contributed by atoms with E-state index < -0.39 is 29.5 Å². The molecule has 1 saturated heterocycles. The standard InChI is InChI=1S/C33H37ClO5/c34-27-28(35-21-24-13-5-1-6-14-24)30(37-23-26-17-9-3-10-18-26)32-31(38-33(39-32)19-11-4-12-20-33)29(27)36-22-25-15-7-2-8-16-25/h1-3,5-10,13-18,27-32H,4,11-12,19-23H2/t27-,28+,29-,30-,31+,32-/m0/s1. The average Bonchev–Trinajstić information content (AvgIpc) is 3.34. The summed E-state index contributed by atoms with van der Waals surface area (Å²) in [6.45, 7) is 1.30. The second-order valence-electron chi connectivity index (χ2n) is 10.9. The van der Waals surface area contributed by atoms with Gasteiger partial charge in [0.2, 0.25) is 0 Å². The third-order valence-electron chi connectivity index (χ3n) is 8.10. The highest BCUT2D eigenvalue weighted by Crippen LogP contribution is 2.48. The second kappa shape index (κ2) is 12.5. The van der Waals surface area contributed by atoms with Crippen molar-refractivity contribution in [1.29, 1.82) is 0 Å². The van der Waals surface area contributed by atoms with E-state index in [1.165, 1.54) is 6.42 Å². The Morgan fingerprint density at radius 3 is 1.46 bits per heavy atom. The van der Waals surface area contributed by atoms with Crippen LogP contribution in [0.5, 0.6) is 0 Å². The minimum atomic E-state index is -0.610. The van der Waals surface area contributed by atoms with Crippen molar-refractivity contribution < 1.29 is 23.7 Å². The number of rotatable bonds is 9. The van der Waals surface area contributed by atoms with E-state index in [4.69, 9.17) is 35.3 Å². The zero-order valence-corrected chi connectivity index (χ0v) is 23.0. The maximum Gasteiger partial charge on any atom is 0.169 e. The van der Waals surface area contributed by atoms with E-state index in [1.54, 1.807) is 0 Å². The number of hydrogen-bond acceptors (Lipinski definition) is 5. The van der Waals surface area contributed by atoms with Crippen LogP contribution in [0.3, 0.4) is 0 Å². The minimum Gasteiger partial charge on any atom is -0.369 e. The number of fused-ring (bicyclic) bond motifs is 1. The first-order valence-corrected chi connectivity index (χ1v) is 14.6. The summed E-state index contributed by atoms with van der Waals surface area (Å²) in [5.74, 6) is -0.610. The first-order valence-electron chi connectivity index (χ1n) is 14.2. The van der Waals surface area contributed by atoms with Gasteiger partial charge in [-0.3, -0.25) is 0 Å². The highest BCUT2D eigenvalue weighted by molar-refractivity contribution is 6.21. The Hall–Kier alpha value is -2.25. The SMILES string of the molecule is Cl[C@H]1[C@@H](OCc2ccccc2)[C@H](OCc2ccccc2)[C@@H]2OC3(CCCCC3)O[C@@H]2[C@H]1OCc1ccccc1. The molecular formula is C33H37ClO5. The molecule has 3 aromatic carbocycles. The quantitative estimate of drug-likeness (QED) is 0.275. The molecule has 0 amide bonds. The van der Waals surface area contributed by atoms with Crippen molar-refractivity contribution >= 4 is 11.6 Å². The second-order valence-corrected chi connectivity index (χ2v) is 11.4. The summed E-state index contributed by atoms with van der Waals surface area (Å²) in [6.07, 6.45) is 3.18. The number of ether oxygens (including phenoxy) is 5. The van der Waals surface area contributed by atoms with E-state index in [-0.39, 0.29) is 12.2 Å². The first-order chi connectivity index (χ1) is 19.2. The average molecular weight is 549 g/mol. The van der Waals surface area contributed by atoms with Crippen LogP contribution in [0.15, 0.2) is 91.0 Å². The van der Waals surface area contributed by atoms with Gasteiger partial charge in [-0.1, -0.05) is 97.4 Å². The van der Waals surface area contributed by atoms with E-state index in [1.807, 2.05) is 54.6 Å². The molecule has 5 nitrogen and oxygen atoms in total. The Balaban J connectivity index is 1.29. The summed E-state index contributed by atoms with van der Waals surface area (Å²) >= 11 is 7.29. The minimum absolute atomic E-state index is 0.341. The predicted molar refractivity (Wildman–Crippen MR) is 150 cm³/mol. The molecule has 2 saturated carbocycles. The van der Waals surface area contributed by atoms with Gasteiger partial charge in [0.15, 0.2) is 5.79 Å². The molecule has 2 aliphatic carbocycles. The highest BCUT2D eigenvalue weighted by Gasteiger charge is 2.61. The molecule has 3 aromatic rings. The van der Waals surface area contributed by atoms with Crippen LogP contribution < -0.4 is 0 Å². The molecule has 1 heterocycles. The summed E-state index contributed by atoms with van der Waals surface area (Å²) in [5, 5.41) is -0.484. The van der Waals surface area contributed by atoms with Gasteiger partial charge >= 0.3 is 0 Å². The van der Waals surface area contributed by atoms with Crippen molar-refractivity contribution in [3.05, 3.63) is 108 Å². The van der Waals surface area contributed by atoms with Crippen LogP contribution in [0, 0.1) is 0 Å². The largest absolute Gasteiger partial charge is 0.369 e. The molecule has 0 unspecified atom stereocenters. The molecular weight excluding hydrogens is 512 g/mol. The van der Waals surface area contributed by atoms with E-state index >= 15 is 0 Å². The van der Waals surface area contributed by atoms with Crippen molar-refractivity contribution in [2.45, 2.75) is 93.6 Å². The topological polar surface area (TPSA) is 46.2 Å². The van der Waals surface area contributed by atoms with Crippen molar-refractivity contribution in [2.24, 2.45) is 0 Å². The fourth-order valence-corrected chi connectivity index (χ4v) is 6.52. The zero-order chi connectivity index (χ0) is 26.5. The third-order valence-corrected chi connectivity index (χ3v) is 8.59. The van der Waals surface area contributed by atoms with Gasteiger partial charge in [0.1, 0.15) is 30.5 Å². The van der Waals surface area contributed by atoms with Crippen LogP contribution in [0.2, 0.25) is 0 Å². The normalized spacial score (nSPS) is 29.8. The van der Waals surface area contributed by atoms with Gasteiger partial charge in [-0.05, 0) is 29.5 Å². The Bertz CT molecular complexity index is 1150. The fraction of sp³-hybridized carbons (Fsp3) is 0.455. The lowest BCUT2D eigenvalue weighted by Crippen LogP contribution is -2.63. The molecule has 3 aliphatic rings. The molecule has 1 aliphatic heterocycles. The molecule has 3 fully saturated rings. The lowest BCUT2D eigenvalue weighted by atomic mass is 9.86. The number of hydrogen-bond donors (Lipinski definition) is 0. The third kappa shape index (κ3) is 6.25. The van der Waals surface area contributed by atoms with Gasteiger partial charge in [-0.2, -0.15) is 0 Å². The first kappa shape index (κ1) is 26.9. The van der Waals surface area contributed by atoms with Crippen LogP contribution in [0.25, 0.3) is 0 Å². The van der Waals surface area contributed by atoms with E-state index in [0.29, 0.717) is 19.8 Å². The van der Waals surface area contributed by atoms with Gasteiger partial charge in [-0.15, -0.1) is 11.6 Å². The van der Waals surface area contributed by atoms with Gasteiger partial charge < -0.3 is 23.7 Å². The van der Waals surface area contributed by atoms with Crippen molar-refractivity contribution in [3.8, 4) is 0 Å². The monoisotopic (exact) mass is 548 g/mol. The lowest BCUT2D eigenvalue weighted by Gasteiger charge is -2.44. The van der Waals surface area contributed by atoms with Crippen LogP contribution >= 0.6 is 11.6 Å². The molecule has 6 heteroatoms. The molecule has 0 aromatic heterocycles. The maximum atomic E-state index is 7.29. The molecule has 0 bridgehead atoms. The fourth-order valence-electron chi connectivity index (χ4n) is 6.09. The maximum absolute atomic E-state index is 7.29. The van der Waals surface area contributed by atoms with Crippen LogP contribution in [-0.4, -0.2) is 41.7 Å². The molecule has 0 N–H and O–H groups in total. The molecule has 206 valence electrons. The van der Waals surface area contributed by atoms with Crippen LogP contribution in [0.4, 0.5) is 0 Å². The van der Waals surface area contributed by atoms with Gasteiger partial charge in [0, 0.05) is 12.8 Å². The molecule has 0 radical (unpaired) electrons. The van der Waals surface area contributed by atoms with E-state index in [0.717, 1.165) is 42.4 Å². The number of benzene rings is 3. The molecule has 6 atom stereocenters. The van der Waals surface area contributed by atoms with Crippen LogP contribution in [-0.2, 0) is 43.5 Å². The summed E-state index contributed by atoms with van der Waals surface area (Å²) < 4.78 is 33.4. The van der Waals surface area contributed by atoms with Crippen LogP contribution in [0.1, 0.15) is 48.8 Å². The van der Waals surface area contributed by atoms with E-state index in [9.17, 15) is 0 Å². The van der Waals surface area contributed by atoms with Gasteiger partial charge in [0.05, 0.1) is 25.2 Å². The molecule has 1 spiro atoms. The number of alkyl halides is 1. The lowest BCUT2D eigenvalue weighted by molar-refractivity contribution is -0.209. The molecule has 6 rings (SSSR count). The predicted octanol–water partition coefficient (Wildman–Crippen LogP) is 6.81.